The minimum Gasteiger partial charge on any atom is -0.353 e. The number of alkyl halides is 3. The van der Waals surface area contributed by atoms with Crippen LogP contribution in [0.2, 0.25) is 0 Å². The number of hydrogen-bond acceptors (Lipinski definition) is 6. The molecule has 3 rings (SSSR count). The predicted octanol–water partition coefficient (Wildman–Crippen LogP) is 3.63. The number of rotatable bonds is 5. The van der Waals surface area contributed by atoms with Gasteiger partial charge >= 0.3 is 6.18 Å². The highest BCUT2D eigenvalue weighted by Crippen LogP contribution is 2.35. The van der Waals surface area contributed by atoms with Crippen molar-refractivity contribution >= 4 is 17.3 Å². The lowest BCUT2D eigenvalue weighted by molar-refractivity contribution is -0.137. The molecular formula is C19H23F3N6. The molecule has 0 amide bonds. The lowest BCUT2D eigenvalue weighted by Gasteiger charge is -2.37. The van der Waals surface area contributed by atoms with Gasteiger partial charge in [0.25, 0.3) is 0 Å². The topological polar surface area (TPSA) is 69.0 Å². The number of piperazine rings is 1. The van der Waals surface area contributed by atoms with Crippen molar-refractivity contribution in [3.63, 3.8) is 0 Å². The van der Waals surface area contributed by atoms with E-state index in [1.807, 2.05) is 18.7 Å². The summed E-state index contributed by atoms with van der Waals surface area (Å²) in [6, 6.07) is 4.13. The first-order valence-corrected chi connectivity index (χ1v) is 9.25. The Labute approximate surface area is 161 Å². The Balaban J connectivity index is 1.73. The van der Waals surface area contributed by atoms with Crippen LogP contribution >= 0.6 is 0 Å². The molecule has 1 saturated heterocycles. The van der Waals surface area contributed by atoms with E-state index in [2.05, 4.69) is 15.0 Å². The van der Waals surface area contributed by atoms with E-state index >= 15 is 0 Å². The van der Waals surface area contributed by atoms with Gasteiger partial charge < -0.3 is 15.2 Å². The Hall–Kier alpha value is -2.71. The van der Waals surface area contributed by atoms with Crippen molar-refractivity contribution in [3.8, 4) is 0 Å². The number of nitrogens with one attached hydrogen (secondary N) is 1. The summed E-state index contributed by atoms with van der Waals surface area (Å²) >= 11 is 0. The molecule has 1 aliphatic heterocycles. The molecule has 1 N–H and O–H groups in total. The Morgan fingerprint density at radius 2 is 1.79 bits per heavy atom. The fraction of sp³-hybridized carbons (Fsp3) is 0.474. The molecular weight excluding hydrogens is 369 g/mol. The molecule has 2 aromatic heterocycles. The Kier molecular flexibility index (Phi) is 5.81. The van der Waals surface area contributed by atoms with Gasteiger partial charge in [-0.1, -0.05) is 13.8 Å². The second-order valence-corrected chi connectivity index (χ2v) is 6.81. The molecule has 0 aliphatic carbocycles. The first-order chi connectivity index (χ1) is 13.3. The Morgan fingerprint density at radius 1 is 1.11 bits per heavy atom. The third-order valence-corrected chi connectivity index (χ3v) is 4.98. The molecule has 1 aliphatic rings. The molecule has 0 aromatic carbocycles. The highest BCUT2D eigenvalue weighted by molar-refractivity contribution is 5.96. The number of anilines is 2. The lowest BCUT2D eigenvalue weighted by Crippen LogP contribution is -2.47. The molecule has 0 spiro atoms. The number of nitrogens with zero attached hydrogens (tertiary/aromatic N) is 5. The summed E-state index contributed by atoms with van der Waals surface area (Å²) in [5.74, 6) is 1.13. The van der Waals surface area contributed by atoms with Crippen LogP contribution in [0.15, 0.2) is 30.6 Å². The first kappa shape index (κ1) is 20.0. The van der Waals surface area contributed by atoms with Crippen molar-refractivity contribution in [3.05, 3.63) is 42.0 Å². The second kappa shape index (κ2) is 8.12. The summed E-state index contributed by atoms with van der Waals surface area (Å²) < 4.78 is 39.7. The molecule has 0 bridgehead atoms. The maximum absolute atomic E-state index is 13.2. The van der Waals surface area contributed by atoms with Crippen molar-refractivity contribution in [2.24, 2.45) is 5.92 Å². The van der Waals surface area contributed by atoms with Crippen LogP contribution in [0, 0.1) is 11.3 Å². The second-order valence-electron chi connectivity index (χ2n) is 6.81. The van der Waals surface area contributed by atoms with E-state index in [4.69, 9.17) is 5.41 Å². The maximum Gasteiger partial charge on any atom is 0.419 e. The quantitative estimate of drug-likeness (QED) is 0.787. The van der Waals surface area contributed by atoms with Gasteiger partial charge in [0.2, 0.25) is 0 Å². The van der Waals surface area contributed by atoms with Gasteiger partial charge in [0.05, 0.1) is 11.3 Å². The summed E-state index contributed by atoms with van der Waals surface area (Å²) in [7, 11) is 0. The number of pyridine rings is 1. The summed E-state index contributed by atoms with van der Waals surface area (Å²) in [6.07, 6.45) is -0.592. The fourth-order valence-electron chi connectivity index (χ4n) is 3.10. The smallest absolute Gasteiger partial charge is 0.353 e. The van der Waals surface area contributed by atoms with Gasteiger partial charge in [0, 0.05) is 44.5 Å². The monoisotopic (exact) mass is 392 g/mol. The summed E-state index contributed by atoms with van der Waals surface area (Å²) in [4.78, 5) is 16.3. The van der Waals surface area contributed by atoms with Gasteiger partial charge in [0.1, 0.15) is 11.6 Å². The highest BCUT2D eigenvalue weighted by Gasteiger charge is 2.36. The van der Waals surface area contributed by atoms with Crippen molar-refractivity contribution in [2.75, 3.05) is 36.0 Å². The van der Waals surface area contributed by atoms with Crippen LogP contribution in [0.25, 0.3) is 0 Å². The average Bonchev–Trinajstić information content (AvgIpc) is 2.72. The summed E-state index contributed by atoms with van der Waals surface area (Å²) in [6.45, 7) is 5.81. The van der Waals surface area contributed by atoms with Gasteiger partial charge in [-0.15, -0.1) is 0 Å². The van der Waals surface area contributed by atoms with Gasteiger partial charge in [-0.2, -0.15) is 13.2 Å². The van der Waals surface area contributed by atoms with E-state index in [-0.39, 0.29) is 11.7 Å². The van der Waals surface area contributed by atoms with E-state index in [1.54, 1.807) is 17.2 Å². The SMILES string of the molecule is CCC(C)C(=N)c1nccc(N2CCN(c3ncccc3C(F)(F)F)CC2)n1. The molecule has 150 valence electrons. The summed E-state index contributed by atoms with van der Waals surface area (Å²) in [5, 5.41) is 8.21. The standard InChI is InChI=1S/C19H23F3N6/c1-3-13(2)16(23)17-24-8-6-15(26-17)27-9-11-28(12-10-27)18-14(19(20,21)22)5-4-7-25-18/h4-8,13,23H,3,9-12H2,1-2H3. The predicted molar refractivity (Wildman–Crippen MR) is 102 cm³/mol. The van der Waals surface area contributed by atoms with Crippen LogP contribution in [0.1, 0.15) is 31.7 Å². The lowest BCUT2D eigenvalue weighted by atomic mass is 10.0. The first-order valence-electron chi connectivity index (χ1n) is 9.25. The molecule has 9 heteroatoms. The zero-order chi connectivity index (χ0) is 20.3. The molecule has 1 unspecified atom stereocenters. The number of halogens is 3. The zero-order valence-electron chi connectivity index (χ0n) is 15.9. The van der Waals surface area contributed by atoms with Crippen LogP contribution in [-0.2, 0) is 6.18 Å². The van der Waals surface area contributed by atoms with Crippen molar-refractivity contribution < 1.29 is 13.2 Å². The van der Waals surface area contributed by atoms with Crippen LogP contribution in [0.5, 0.6) is 0 Å². The van der Waals surface area contributed by atoms with Crippen LogP contribution in [0.4, 0.5) is 24.8 Å². The van der Waals surface area contributed by atoms with Crippen molar-refractivity contribution in [2.45, 2.75) is 26.4 Å². The number of hydrogen-bond donors (Lipinski definition) is 1. The molecule has 1 fully saturated rings. The van der Waals surface area contributed by atoms with Gasteiger partial charge in [-0.25, -0.2) is 15.0 Å². The third-order valence-electron chi connectivity index (χ3n) is 4.98. The number of aromatic nitrogens is 3. The molecule has 3 heterocycles. The molecule has 0 saturated carbocycles. The zero-order valence-corrected chi connectivity index (χ0v) is 15.9. The van der Waals surface area contributed by atoms with Crippen molar-refractivity contribution in [1.82, 2.24) is 15.0 Å². The largest absolute Gasteiger partial charge is 0.419 e. The van der Waals surface area contributed by atoms with E-state index in [0.29, 0.717) is 43.5 Å². The molecule has 6 nitrogen and oxygen atoms in total. The van der Waals surface area contributed by atoms with E-state index in [9.17, 15) is 13.2 Å². The van der Waals surface area contributed by atoms with Crippen LogP contribution in [0.3, 0.4) is 0 Å². The summed E-state index contributed by atoms with van der Waals surface area (Å²) in [5.41, 5.74) is -0.318. The van der Waals surface area contributed by atoms with E-state index < -0.39 is 11.7 Å². The van der Waals surface area contributed by atoms with Crippen molar-refractivity contribution in [1.29, 1.82) is 5.41 Å². The average molecular weight is 392 g/mol. The normalized spacial score (nSPS) is 16.2. The molecule has 0 radical (unpaired) electrons. The van der Waals surface area contributed by atoms with Crippen LogP contribution < -0.4 is 9.80 Å². The van der Waals surface area contributed by atoms with Crippen LogP contribution in [-0.4, -0.2) is 46.8 Å². The van der Waals surface area contributed by atoms with Gasteiger partial charge in [-0.3, -0.25) is 0 Å². The molecule has 28 heavy (non-hydrogen) atoms. The third kappa shape index (κ3) is 4.23. The Bertz CT molecular complexity index is 830. The maximum atomic E-state index is 13.2. The van der Waals surface area contributed by atoms with E-state index in [1.165, 1.54) is 12.3 Å². The minimum absolute atomic E-state index is 0.0309. The molecule has 1 atom stereocenters. The minimum atomic E-state index is -4.43. The van der Waals surface area contributed by atoms with Gasteiger partial charge in [0.15, 0.2) is 5.82 Å². The van der Waals surface area contributed by atoms with E-state index in [0.717, 1.165) is 12.5 Å². The van der Waals surface area contributed by atoms with Gasteiger partial charge in [-0.05, 0) is 24.6 Å². The molecule has 2 aromatic rings. The fourth-order valence-corrected chi connectivity index (χ4v) is 3.10. The Morgan fingerprint density at radius 3 is 2.43 bits per heavy atom. The highest BCUT2D eigenvalue weighted by atomic mass is 19.4.